The number of hydrogen-bond donors (Lipinski definition) is 0. The fraction of sp³-hybridized carbons (Fsp3) is 0.932. The molecule has 2 unspecified atom stereocenters. The van der Waals surface area contributed by atoms with Crippen LogP contribution in [0.15, 0.2) is 0 Å². The zero-order valence-electron chi connectivity index (χ0n) is 35.2. The third kappa shape index (κ3) is 29.6. The topological polar surface area (TPSA) is 91.4 Å². The highest BCUT2D eigenvalue weighted by Gasteiger charge is 2.22. The van der Waals surface area contributed by atoms with E-state index in [0.29, 0.717) is 19.4 Å². The Morgan fingerprint density at radius 2 is 0.865 bits per heavy atom. The molecule has 0 amide bonds. The Morgan fingerprint density at radius 3 is 1.31 bits per heavy atom. The van der Waals surface area contributed by atoms with Crippen molar-refractivity contribution in [3.8, 4) is 0 Å². The van der Waals surface area contributed by atoms with E-state index in [1.54, 1.807) is 0 Å². The van der Waals surface area contributed by atoms with Crippen molar-refractivity contribution >= 4 is 18.1 Å². The minimum Gasteiger partial charge on any atom is -0.465 e. The molecule has 52 heavy (non-hydrogen) atoms. The highest BCUT2D eigenvalue weighted by Crippen LogP contribution is 2.22. The molecule has 0 aliphatic rings. The van der Waals surface area contributed by atoms with E-state index in [4.69, 9.17) is 18.9 Å². The molecule has 0 N–H and O–H groups in total. The summed E-state index contributed by atoms with van der Waals surface area (Å²) < 4.78 is 22.5. The molecule has 0 aliphatic carbocycles. The molecule has 8 nitrogen and oxygen atoms in total. The van der Waals surface area contributed by atoms with Gasteiger partial charge in [-0.15, -0.1) is 0 Å². The minimum atomic E-state index is -0.679. The summed E-state index contributed by atoms with van der Waals surface area (Å²) in [5.74, 6) is -0.485. The summed E-state index contributed by atoms with van der Waals surface area (Å²) in [6, 6.07) is 0. The lowest BCUT2D eigenvalue weighted by Gasteiger charge is -2.20. The van der Waals surface area contributed by atoms with Crippen molar-refractivity contribution in [1.29, 1.82) is 0 Å². The average Bonchev–Trinajstić information content (AvgIpc) is 3.15. The maximum Gasteiger partial charge on any atom is 0.508 e. The van der Waals surface area contributed by atoms with Gasteiger partial charge in [-0.25, -0.2) is 4.79 Å². The molecule has 0 saturated carbocycles. The average molecular weight is 740 g/mol. The molecule has 0 saturated heterocycles. The van der Waals surface area contributed by atoms with Crippen molar-refractivity contribution < 1.29 is 33.3 Å². The second-order valence-electron chi connectivity index (χ2n) is 15.0. The molecular formula is C44H85NO7. The largest absolute Gasteiger partial charge is 0.508 e. The Bertz CT molecular complexity index is 802. The second kappa shape index (κ2) is 37.5. The van der Waals surface area contributed by atoms with Gasteiger partial charge in [0, 0.05) is 6.54 Å². The minimum absolute atomic E-state index is 0.0584. The number of carbonyl (C=O) groups excluding carboxylic acids is 3. The van der Waals surface area contributed by atoms with Crippen LogP contribution in [0.3, 0.4) is 0 Å². The highest BCUT2D eigenvalue weighted by atomic mass is 16.7. The first-order valence-corrected chi connectivity index (χ1v) is 22.2. The van der Waals surface area contributed by atoms with E-state index in [9.17, 15) is 14.4 Å². The van der Waals surface area contributed by atoms with Gasteiger partial charge in [-0.1, -0.05) is 157 Å². The predicted octanol–water partition coefficient (Wildman–Crippen LogP) is 12.2. The Morgan fingerprint density at radius 1 is 0.442 bits per heavy atom. The van der Waals surface area contributed by atoms with E-state index in [2.05, 4.69) is 39.5 Å². The molecule has 0 rings (SSSR count). The SMILES string of the molecule is CCCCCCCCC(CC)C(=O)OCCC(CCOC(=O)C(CCCCCCCC)CCCCCCCC)COC(=O)OCCCN(CC)CC. The van der Waals surface area contributed by atoms with Crippen LogP contribution in [0.25, 0.3) is 0 Å². The van der Waals surface area contributed by atoms with Crippen molar-refractivity contribution in [3.05, 3.63) is 0 Å². The molecule has 0 bridgehead atoms. The number of rotatable bonds is 38. The summed E-state index contributed by atoms with van der Waals surface area (Å²) in [5, 5.41) is 0. The molecule has 8 heteroatoms. The molecule has 0 radical (unpaired) electrons. The molecule has 0 aromatic heterocycles. The third-order valence-corrected chi connectivity index (χ3v) is 10.6. The van der Waals surface area contributed by atoms with E-state index in [1.807, 2.05) is 6.92 Å². The van der Waals surface area contributed by atoms with E-state index in [0.717, 1.165) is 77.4 Å². The zero-order chi connectivity index (χ0) is 38.5. The van der Waals surface area contributed by atoms with Gasteiger partial charge in [-0.05, 0) is 64.0 Å². The van der Waals surface area contributed by atoms with Gasteiger partial charge in [0.1, 0.15) is 0 Å². The summed E-state index contributed by atoms with van der Waals surface area (Å²) in [6.07, 6.45) is 26.2. The van der Waals surface area contributed by atoms with Gasteiger partial charge in [0.2, 0.25) is 0 Å². The number of esters is 2. The molecular weight excluding hydrogens is 654 g/mol. The normalized spacial score (nSPS) is 12.6. The molecule has 0 aliphatic heterocycles. The smallest absolute Gasteiger partial charge is 0.465 e. The fourth-order valence-corrected chi connectivity index (χ4v) is 6.79. The van der Waals surface area contributed by atoms with Crippen molar-refractivity contribution in [2.24, 2.45) is 17.8 Å². The summed E-state index contributed by atoms with van der Waals surface area (Å²) in [6.45, 7) is 16.7. The van der Waals surface area contributed by atoms with Crippen LogP contribution in [-0.2, 0) is 28.5 Å². The Labute approximate surface area is 321 Å². The van der Waals surface area contributed by atoms with Gasteiger partial charge in [0.05, 0.1) is 38.3 Å². The lowest BCUT2D eigenvalue weighted by atomic mass is 9.94. The van der Waals surface area contributed by atoms with Crippen LogP contribution in [0.4, 0.5) is 4.79 Å². The monoisotopic (exact) mass is 740 g/mol. The van der Waals surface area contributed by atoms with Gasteiger partial charge < -0.3 is 23.8 Å². The number of carbonyl (C=O) groups is 3. The van der Waals surface area contributed by atoms with E-state index in [1.165, 1.54) is 89.9 Å². The van der Waals surface area contributed by atoms with Crippen molar-refractivity contribution in [3.63, 3.8) is 0 Å². The first-order valence-electron chi connectivity index (χ1n) is 22.2. The Kier molecular flexibility index (Phi) is 36.2. The van der Waals surface area contributed by atoms with Gasteiger partial charge in [0.25, 0.3) is 0 Å². The maximum absolute atomic E-state index is 13.3. The van der Waals surface area contributed by atoms with Crippen LogP contribution in [0, 0.1) is 17.8 Å². The Balaban J connectivity index is 5.10. The zero-order valence-corrected chi connectivity index (χ0v) is 35.2. The van der Waals surface area contributed by atoms with Crippen LogP contribution >= 0.6 is 0 Å². The summed E-state index contributed by atoms with van der Waals surface area (Å²) in [5.41, 5.74) is 0. The van der Waals surface area contributed by atoms with Crippen molar-refractivity contribution in [2.75, 3.05) is 46.1 Å². The van der Waals surface area contributed by atoms with Crippen molar-refractivity contribution in [1.82, 2.24) is 4.90 Å². The summed E-state index contributed by atoms with van der Waals surface area (Å²) in [7, 11) is 0. The van der Waals surface area contributed by atoms with Crippen LogP contribution in [0.1, 0.15) is 202 Å². The second-order valence-corrected chi connectivity index (χ2v) is 15.0. The molecule has 0 heterocycles. The Hall–Kier alpha value is -1.83. The maximum atomic E-state index is 13.3. The molecule has 0 aromatic carbocycles. The van der Waals surface area contributed by atoms with Crippen LogP contribution in [0.2, 0.25) is 0 Å². The summed E-state index contributed by atoms with van der Waals surface area (Å²) in [4.78, 5) is 41.0. The standard InChI is InChI=1S/C44H85NO7/c1-7-13-16-19-22-25-29-40(10-4)42(46)49-36-32-39(38-52-44(48)51-35-28-34-45(11-5)12-6)33-37-50-43(47)41(30-26-23-20-17-14-8-2)31-27-24-21-18-15-9-3/h39-41H,7-38H2,1-6H3. The van der Waals surface area contributed by atoms with E-state index < -0.39 is 6.16 Å². The van der Waals surface area contributed by atoms with Crippen LogP contribution < -0.4 is 0 Å². The lowest BCUT2D eigenvalue weighted by molar-refractivity contribution is -0.149. The first kappa shape index (κ1) is 50.2. The number of nitrogens with zero attached hydrogens (tertiary/aromatic N) is 1. The molecule has 2 atom stereocenters. The summed E-state index contributed by atoms with van der Waals surface area (Å²) >= 11 is 0. The number of ether oxygens (including phenoxy) is 4. The van der Waals surface area contributed by atoms with Gasteiger partial charge in [-0.3, -0.25) is 9.59 Å². The molecule has 0 aromatic rings. The molecule has 0 fully saturated rings. The van der Waals surface area contributed by atoms with Gasteiger partial charge >= 0.3 is 18.1 Å². The molecule has 308 valence electrons. The predicted molar refractivity (Wildman–Crippen MR) is 216 cm³/mol. The lowest BCUT2D eigenvalue weighted by Crippen LogP contribution is -2.25. The highest BCUT2D eigenvalue weighted by molar-refractivity contribution is 5.72. The molecule has 0 spiro atoms. The quantitative estimate of drug-likeness (QED) is 0.0351. The van der Waals surface area contributed by atoms with Crippen LogP contribution in [0.5, 0.6) is 0 Å². The third-order valence-electron chi connectivity index (χ3n) is 10.6. The fourth-order valence-electron chi connectivity index (χ4n) is 6.79. The van der Waals surface area contributed by atoms with Gasteiger partial charge in [0.15, 0.2) is 0 Å². The van der Waals surface area contributed by atoms with Gasteiger partial charge in [-0.2, -0.15) is 0 Å². The number of unbranched alkanes of at least 4 members (excludes halogenated alkanes) is 15. The first-order chi connectivity index (χ1) is 25.4. The van der Waals surface area contributed by atoms with E-state index in [-0.39, 0.29) is 49.5 Å². The van der Waals surface area contributed by atoms with E-state index >= 15 is 0 Å². The number of hydrogen-bond acceptors (Lipinski definition) is 8. The van der Waals surface area contributed by atoms with Crippen LogP contribution in [-0.4, -0.2) is 69.1 Å². The van der Waals surface area contributed by atoms with Crippen molar-refractivity contribution in [2.45, 2.75) is 202 Å².